The lowest BCUT2D eigenvalue weighted by Crippen LogP contribution is -2.24. The number of aryl methyl sites for hydroxylation is 1. The van der Waals surface area contributed by atoms with Crippen molar-refractivity contribution in [3.05, 3.63) is 71.2 Å². The summed E-state index contributed by atoms with van der Waals surface area (Å²) in [4.78, 5) is 16.3. The zero-order valence-electron chi connectivity index (χ0n) is 11.8. The van der Waals surface area contributed by atoms with E-state index in [1.807, 2.05) is 29.7 Å². The van der Waals surface area contributed by atoms with Gasteiger partial charge in [0.25, 0.3) is 5.91 Å². The number of nitrogens with one attached hydrogen (secondary N) is 1. The fraction of sp³-hybridized carbons (Fsp3) is 0.125. The molecular weight excluding hydrogens is 288 g/mol. The minimum absolute atomic E-state index is 0.135. The van der Waals surface area contributed by atoms with Gasteiger partial charge in [0.05, 0.1) is 17.8 Å². The third kappa shape index (κ3) is 2.67. The van der Waals surface area contributed by atoms with Gasteiger partial charge in [-0.1, -0.05) is 6.07 Å². The van der Waals surface area contributed by atoms with Crippen molar-refractivity contribution in [3.8, 4) is 0 Å². The summed E-state index contributed by atoms with van der Waals surface area (Å²) in [6.07, 6.45) is 3.64. The molecule has 1 N–H and O–H groups in total. The van der Waals surface area contributed by atoms with Gasteiger partial charge in [-0.15, -0.1) is 0 Å². The van der Waals surface area contributed by atoms with Crippen LogP contribution >= 0.6 is 0 Å². The number of pyridine rings is 1. The summed E-state index contributed by atoms with van der Waals surface area (Å²) in [5.41, 5.74) is 2.12. The molecule has 0 spiro atoms. The Morgan fingerprint density at radius 2 is 2.14 bits per heavy atom. The Kier molecular flexibility index (Phi) is 3.58. The molecule has 1 amide bonds. The molecule has 0 saturated carbocycles. The van der Waals surface area contributed by atoms with E-state index in [2.05, 4.69) is 10.3 Å². The molecule has 0 aliphatic carbocycles. The lowest BCUT2D eigenvalue weighted by atomic mass is 10.2. The van der Waals surface area contributed by atoms with Gasteiger partial charge in [0.15, 0.2) is 0 Å². The Hall–Kier alpha value is -2.76. The van der Waals surface area contributed by atoms with Crippen molar-refractivity contribution in [2.24, 2.45) is 0 Å². The minimum atomic E-state index is -0.759. The lowest BCUT2D eigenvalue weighted by Gasteiger charge is -2.04. The second kappa shape index (κ2) is 5.55. The highest BCUT2D eigenvalue weighted by atomic mass is 19.1. The molecular formula is C16H13F2N3O. The molecule has 3 aromatic rings. The van der Waals surface area contributed by atoms with Gasteiger partial charge < -0.3 is 9.72 Å². The Balaban J connectivity index is 1.77. The molecule has 6 heteroatoms. The van der Waals surface area contributed by atoms with Crippen LogP contribution in [0, 0.1) is 18.6 Å². The third-order valence-electron chi connectivity index (χ3n) is 3.33. The van der Waals surface area contributed by atoms with Gasteiger partial charge in [-0.05, 0) is 36.8 Å². The van der Waals surface area contributed by atoms with E-state index in [1.165, 1.54) is 0 Å². The van der Waals surface area contributed by atoms with E-state index in [1.54, 1.807) is 6.20 Å². The molecule has 0 unspecified atom stereocenters. The maximum atomic E-state index is 13.5. The summed E-state index contributed by atoms with van der Waals surface area (Å²) < 4.78 is 28.5. The monoisotopic (exact) mass is 301 g/mol. The lowest BCUT2D eigenvalue weighted by molar-refractivity contribution is 0.0946. The van der Waals surface area contributed by atoms with Crippen molar-refractivity contribution < 1.29 is 13.6 Å². The Morgan fingerprint density at radius 1 is 1.32 bits per heavy atom. The van der Waals surface area contributed by atoms with Crippen LogP contribution in [-0.4, -0.2) is 15.3 Å². The topological polar surface area (TPSA) is 46.4 Å². The Bertz CT molecular complexity index is 858. The van der Waals surface area contributed by atoms with E-state index >= 15 is 0 Å². The molecule has 0 aliphatic heterocycles. The van der Waals surface area contributed by atoms with Crippen LogP contribution in [-0.2, 0) is 6.54 Å². The number of hydrogen-bond donors (Lipinski definition) is 1. The van der Waals surface area contributed by atoms with Gasteiger partial charge in [-0.3, -0.25) is 4.79 Å². The zero-order valence-corrected chi connectivity index (χ0v) is 11.8. The average Bonchev–Trinajstić information content (AvgIpc) is 2.92. The molecule has 0 saturated heterocycles. The normalized spacial score (nSPS) is 10.9. The molecule has 0 atom stereocenters. The number of carbonyl (C=O) groups is 1. The van der Waals surface area contributed by atoms with Crippen LogP contribution in [0.5, 0.6) is 0 Å². The van der Waals surface area contributed by atoms with Crippen molar-refractivity contribution in [1.82, 2.24) is 14.7 Å². The van der Waals surface area contributed by atoms with Gasteiger partial charge >= 0.3 is 0 Å². The van der Waals surface area contributed by atoms with Crippen LogP contribution in [0.15, 0.2) is 42.7 Å². The average molecular weight is 301 g/mol. The van der Waals surface area contributed by atoms with Crippen LogP contribution in [0.1, 0.15) is 21.6 Å². The molecule has 0 bridgehead atoms. The van der Waals surface area contributed by atoms with E-state index in [-0.39, 0.29) is 12.1 Å². The van der Waals surface area contributed by atoms with Gasteiger partial charge in [-0.2, -0.15) is 0 Å². The van der Waals surface area contributed by atoms with Crippen molar-refractivity contribution >= 4 is 11.6 Å². The molecule has 0 radical (unpaired) electrons. The number of fused-ring (bicyclic) bond motifs is 1. The van der Waals surface area contributed by atoms with E-state index in [0.717, 1.165) is 29.4 Å². The van der Waals surface area contributed by atoms with E-state index in [0.29, 0.717) is 5.69 Å². The van der Waals surface area contributed by atoms with E-state index < -0.39 is 17.5 Å². The van der Waals surface area contributed by atoms with Gasteiger partial charge in [0.2, 0.25) is 0 Å². The number of aromatic nitrogens is 2. The highest BCUT2D eigenvalue weighted by Crippen LogP contribution is 2.11. The first kappa shape index (κ1) is 14.2. The van der Waals surface area contributed by atoms with Crippen LogP contribution in [0.4, 0.5) is 8.78 Å². The van der Waals surface area contributed by atoms with Crippen LogP contribution in [0.2, 0.25) is 0 Å². The smallest absolute Gasteiger partial charge is 0.254 e. The Labute approximate surface area is 125 Å². The highest BCUT2D eigenvalue weighted by molar-refractivity contribution is 5.94. The summed E-state index contributed by atoms with van der Waals surface area (Å²) >= 11 is 0. The summed E-state index contributed by atoms with van der Waals surface area (Å²) in [6.45, 7) is 2.07. The van der Waals surface area contributed by atoms with E-state index in [9.17, 15) is 13.6 Å². The largest absolute Gasteiger partial charge is 0.346 e. The predicted molar refractivity (Wildman–Crippen MR) is 77.5 cm³/mol. The number of rotatable bonds is 3. The number of benzene rings is 1. The summed E-state index contributed by atoms with van der Waals surface area (Å²) in [5.74, 6) is -2.09. The predicted octanol–water partition coefficient (Wildman–Crippen LogP) is 2.85. The molecule has 1 aromatic carbocycles. The maximum Gasteiger partial charge on any atom is 0.254 e. The van der Waals surface area contributed by atoms with Crippen LogP contribution in [0.25, 0.3) is 5.65 Å². The first-order valence-corrected chi connectivity index (χ1v) is 6.71. The maximum absolute atomic E-state index is 13.5. The standard InChI is InChI=1S/C16H13F2N3O/c1-10-3-2-6-21-9-12(20-15(10)21)8-19-16(22)13-7-11(17)4-5-14(13)18/h2-7,9H,8H2,1H3,(H,19,22). The molecule has 2 aromatic heterocycles. The summed E-state index contributed by atoms with van der Waals surface area (Å²) in [5, 5.41) is 2.54. The number of nitrogens with zero attached hydrogens (tertiary/aromatic N) is 2. The number of halogens is 2. The molecule has 112 valence electrons. The minimum Gasteiger partial charge on any atom is -0.346 e. The summed E-state index contributed by atoms with van der Waals surface area (Å²) in [6, 6.07) is 6.61. The first-order valence-electron chi connectivity index (χ1n) is 6.71. The Morgan fingerprint density at radius 3 is 2.91 bits per heavy atom. The van der Waals surface area contributed by atoms with Gasteiger partial charge in [0, 0.05) is 12.4 Å². The number of hydrogen-bond acceptors (Lipinski definition) is 2. The highest BCUT2D eigenvalue weighted by Gasteiger charge is 2.13. The van der Waals surface area contributed by atoms with Crippen LogP contribution in [0.3, 0.4) is 0 Å². The quantitative estimate of drug-likeness (QED) is 0.808. The molecule has 3 rings (SSSR count). The number of imidazole rings is 1. The van der Waals surface area contributed by atoms with Crippen molar-refractivity contribution in [1.29, 1.82) is 0 Å². The molecule has 0 aliphatic rings. The van der Waals surface area contributed by atoms with Gasteiger partial charge in [0.1, 0.15) is 17.3 Å². The molecule has 4 nitrogen and oxygen atoms in total. The fourth-order valence-electron chi connectivity index (χ4n) is 2.23. The molecule has 0 fully saturated rings. The van der Waals surface area contributed by atoms with E-state index in [4.69, 9.17) is 0 Å². The number of amides is 1. The molecule has 22 heavy (non-hydrogen) atoms. The van der Waals surface area contributed by atoms with Gasteiger partial charge in [-0.25, -0.2) is 13.8 Å². The van der Waals surface area contributed by atoms with Crippen molar-refractivity contribution in [2.75, 3.05) is 0 Å². The molecule has 2 heterocycles. The zero-order chi connectivity index (χ0) is 15.7. The second-order valence-electron chi connectivity index (χ2n) is 4.96. The van der Waals surface area contributed by atoms with Crippen molar-refractivity contribution in [2.45, 2.75) is 13.5 Å². The second-order valence-corrected chi connectivity index (χ2v) is 4.96. The SMILES string of the molecule is Cc1cccn2cc(CNC(=O)c3cc(F)ccc3F)nc12. The van der Waals surface area contributed by atoms with Crippen molar-refractivity contribution in [3.63, 3.8) is 0 Å². The number of carbonyl (C=O) groups excluding carboxylic acids is 1. The first-order chi connectivity index (χ1) is 10.5. The fourth-order valence-corrected chi connectivity index (χ4v) is 2.23. The third-order valence-corrected chi connectivity index (χ3v) is 3.33. The van der Waals surface area contributed by atoms with Crippen LogP contribution < -0.4 is 5.32 Å². The summed E-state index contributed by atoms with van der Waals surface area (Å²) in [7, 11) is 0.